The summed E-state index contributed by atoms with van der Waals surface area (Å²) in [5.74, 6) is 0. The van der Waals surface area contributed by atoms with Crippen LogP contribution < -0.4 is 10.6 Å². The van der Waals surface area contributed by atoms with Gasteiger partial charge in [0, 0.05) is 27.7 Å². The number of alkyl halides is 1. The quantitative estimate of drug-likeness (QED) is 0.496. The lowest BCUT2D eigenvalue weighted by Gasteiger charge is -2.03. The Morgan fingerprint density at radius 2 is 2.47 bits per heavy atom. The van der Waals surface area contributed by atoms with Gasteiger partial charge >= 0.3 is 0 Å². The standard InChI is InChI=1S/C10H11BrN2O2/c11-8-1-2-10-9(5-8)7(6-12-10)3-4-13(14)15/h2,5-6,8,12H,1,3-4H2/t8-/m1/s1. The molecule has 1 aliphatic rings. The molecule has 0 aromatic carbocycles. The molecule has 1 heterocycles. The SMILES string of the molecule is O=[N+]([O-])CCc1c[nH]c2c1=C[C@H](Br)CC=2. The van der Waals surface area contributed by atoms with Gasteiger partial charge in [-0.3, -0.25) is 10.1 Å². The smallest absolute Gasteiger partial charge is 0.207 e. The molecule has 1 atom stereocenters. The number of halogens is 1. The number of nitrogens with zero attached hydrogens (tertiary/aromatic N) is 1. The summed E-state index contributed by atoms with van der Waals surface area (Å²) in [5.41, 5.74) is 1.03. The van der Waals surface area contributed by atoms with E-state index in [1.807, 2.05) is 6.20 Å². The Bertz CT molecular complexity index is 492. The molecule has 2 rings (SSSR count). The summed E-state index contributed by atoms with van der Waals surface area (Å²) in [6, 6.07) is 0. The monoisotopic (exact) mass is 270 g/mol. The molecule has 5 heteroatoms. The van der Waals surface area contributed by atoms with Crippen molar-refractivity contribution in [2.75, 3.05) is 6.54 Å². The summed E-state index contributed by atoms with van der Waals surface area (Å²) in [4.78, 5) is 13.5. The minimum Gasteiger partial charge on any atom is -0.361 e. The van der Waals surface area contributed by atoms with Crippen molar-refractivity contribution in [3.8, 4) is 0 Å². The van der Waals surface area contributed by atoms with Crippen molar-refractivity contribution in [2.45, 2.75) is 17.7 Å². The van der Waals surface area contributed by atoms with Crippen LogP contribution in [0.1, 0.15) is 12.0 Å². The molecule has 1 aromatic rings. The second kappa shape index (κ2) is 4.18. The van der Waals surface area contributed by atoms with E-state index >= 15 is 0 Å². The first-order chi connectivity index (χ1) is 7.16. The Morgan fingerprint density at radius 3 is 3.20 bits per heavy atom. The second-order valence-electron chi connectivity index (χ2n) is 3.57. The van der Waals surface area contributed by atoms with Gasteiger partial charge in [-0.25, -0.2) is 0 Å². The van der Waals surface area contributed by atoms with Crippen LogP contribution in [0.2, 0.25) is 0 Å². The highest BCUT2D eigenvalue weighted by molar-refractivity contribution is 9.09. The molecule has 0 amide bonds. The fourth-order valence-corrected chi connectivity index (χ4v) is 2.21. The highest BCUT2D eigenvalue weighted by Crippen LogP contribution is 2.09. The third-order valence-corrected chi connectivity index (χ3v) is 3.13. The summed E-state index contributed by atoms with van der Waals surface area (Å²) >= 11 is 3.52. The van der Waals surface area contributed by atoms with Gasteiger partial charge in [-0.2, -0.15) is 0 Å². The Morgan fingerprint density at radius 1 is 1.67 bits per heavy atom. The predicted molar refractivity (Wildman–Crippen MR) is 61.9 cm³/mol. The molecule has 80 valence electrons. The zero-order valence-electron chi connectivity index (χ0n) is 8.07. The van der Waals surface area contributed by atoms with Crippen molar-refractivity contribution in [3.05, 3.63) is 32.4 Å². The first-order valence-electron chi connectivity index (χ1n) is 4.81. The number of H-pyrrole nitrogens is 1. The van der Waals surface area contributed by atoms with Gasteiger partial charge in [-0.05, 0) is 17.2 Å². The molecule has 1 aliphatic carbocycles. The zero-order chi connectivity index (χ0) is 10.8. The Balaban J connectivity index is 2.31. The number of hydrogen-bond donors (Lipinski definition) is 1. The van der Waals surface area contributed by atoms with Crippen LogP contribution in [0.15, 0.2) is 6.20 Å². The van der Waals surface area contributed by atoms with Gasteiger partial charge < -0.3 is 4.98 Å². The van der Waals surface area contributed by atoms with Crippen molar-refractivity contribution < 1.29 is 4.92 Å². The lowest BCUT2D eigenvalue weighted by atomic mass is 10.1. The zero-order valence-corrected chi connectivity index (χ0v) is 9.66. The van der Waals surface area contributed by atoms with Crippen molar-refractivity contribution in [2.24, 2.45) is 0 Å². The maximum atomic E-state index is 10.3. The van der Waals surface area contributed by atoms with E-state index in [1.165, 1.54) is 0 Å². The number of aromatic amines is 1. The van der Waals surface area contributed by atoms with Gasteiger partial charge in [0.1, 0.15) is 0 Å². The Kier molecular flexibility index (Phi) is 2.90. The minimum atomic E-state index is -0.280. The molecule has 1 N–H and O–H groups in total. The first-order valence-corrected chi connectivity index (χ1v) is 5.72. The lowest BCUT2D eigenvalue weighted by molar-refractivity contribution is -0.479. The fraction of sp³-hybridized carbons (Fsp3) is 0.400. The van der Waals surface area contributed by atoms with Crippen LogP contribution in [0.5, 0.6) is 0 Å². The molecule has 4 nitrogen and oxygen atoms in total. The number of fused-ring (bicyclic) bond motifs is 1. The molecule has 15 heavy (non-hydrogen) atoms. The van der Waals surface area contributed by atoms with E-state index in [2.05, 4.69) is 33.1 Å². The molecule has 0 aliphatic heterocycles. The topological polar surface area (TPSA) is 58.9 Å². The molecule has 0 spiro atoms. The lowest BCUT2D eigenvalue weighted by Crippen LogP contribution is -2.30. The van der Waals surface area contributed by atoms with Crippen LogP contribution in [0.25, 0.3) is 12.2 Å². The maximum Gasteiger partial charge on any atom is 0.207 e. The van der Waals surface area contributed by atoms with Crippen LogP contribution in [-0.2, 0) is 6.42 Å². The maximum absolute atomic E-state index is 10.3. The second-order valence-corrected chi connectivity index (χ2v) is 4.75. The van der Waals surface area contributed by atoms with Crippen LogP contribution in [0.3, 0.4) is 0 Å². The van der Waals surface area contributed by atoms with E-state index in [4.69, 9.17) is 0 Å². The van der Waals surface area contributed by atoms with Crippen LogP contribution in [-0.4, -0.2) is 21.3 Å². The van der Waals surface area contributed by atoms with Gasteiger partial charge in [0.15, 0.2) is 0 Å². The number of nitrogens with one attached hydrogen (secondary N) is 1. The van der Waals surface area contributed by atoms with Crippen molar-refractivity contribution in [1.82, 2.24) is 4.98 Å². The molecular weight excluding hydrogens is 260 g/mol. The van der Waals surface area contributed by atoms with E-state index < -0.39 is 0 Å². The van der Waals surface area contributed by atoms with Crippen LogP contribution >= 0.6 is 15.9 Å². The highest BCUT2D eigenvalue weighted by atomic mass is 79.9. The number of rotatable bonds is 3. The molecule has 0 bridgehead atoms. The summed E-state index contributed by atoms with van der Waals surface area (Å²) in [7, 11) is 0. The van der Waals surface area contributed by atoms with Gasteiger partial charge in [0.2, 0.25) is 6.54 Å². The first kappa shape index (κ1) is 10.4. The summed E-state index contributed by atoms with van der Waals surface area (Å²) in [6.45, 7) is -0.00884. The van der Waals surface area contributed by atoms with E-state index in [-0.39, 0.29) is 11.5 Å². The largest absolute Gasteiger partial charge is 0.361 e. The van der Waals surface area contributed by atoms with Gasteiger partial charge in [-0.15, -0.1) is 0 Å². The van der Waals surface area contributed by atoms with Gasteiger partial charge in [0.05, 0.1) is 0 Å². The molecule has 0 radical (unpaired) electrons. The molecular formula is C10H11BrN2O2. The third kappa shape index (κ3) is 2.28. The number of nitro groups is 1. The molecule has 0 unspecified atom stereocenters. The predicted octanol–water partition coefficient (Wildman–Crippen LogP) is 0.562. The van der Waals surface area contributed by atoms with E-state index in [1.54, 1.807) is 0 Å². The normalized spacial score (nSPS) is 18.9. The molecule has 0 saturated heterocycles. The fourth-order valence-electron chi connectivity index (χ4n) is 1.76. The number of hydrogen-bond acceptors (Lipinski definition) is 2. The van der Waals surface area contributed by atoms with Crippen molar-refractivity contribution in [1.29, 1.82) is 0 Å². The van der Waals surface area contributed by atoms with Crippen LogP contribution in [0, 0.1) is 10.1 Å². The summed E-state index contributed by atoms with van der Waals surface area (Å²) < 4.78 is 0. The highest BCUT2D eigenvalue weighted by Gasteiger charge is 2.09. The molecule has 0 saturated carbocycles. The average molecular weight is 271 g/mol. The van der Waals surface area contributed by atoms with Crippen LogP contribution in [0.4, 0.5) is 0 Å². The van der Waals surface area contributed by atoms with Crippen molar-refractivity contribution >= 4 is 28.1 Å². The Labute approximate surface area is 95.0 Å². The average Bonchev–Trinajstić information content (AvgIpc) is 2.57. The van der Waals surface area contributed by atoms with Gasteiger partial charge in [-0.1, -0.05) is 28.1 Å². The minimum absolute atomic E-state index is 0.00884. The van der Waals surface area contributed by atoms with E-state index in [0.29, 0.717) is 11.2 Å². The Hall–Kier alpha value is -1.10. The summed E-state index contributed by atoms with van der Waals surface area (Å²) in [5, 5.41) is 12.5. The van der Waals surface area contributed by atoms with Gasteiger partial charge in [0.25, 0.3) is 0 Å². The van der Waals surface area contributed by atoms with Crippen molar-refractivity contribution in [3.63, 3.8) is 0 Å². The van der Waals surface area contributed by atoms with E-state index in [9.17, 15) is 10.1 Å². The number of aromatic nitrogens is 1. The van der Waals surface area contributed by atoms with E-state index in [0.717, 1.165) is 22.6 Å². The molecule has 0 fully saturated rings. The summed E-state index contributed by atoms with van der Waals surface area (Å²) in [6.07, 6.45) is 7.54. The third-order valence-electron chi connectivity index (χ3n) is 2.50. The molecule has 1 aromatic heterocycles.